The highest BCUT2D eigenvalue weighted by atomic mass is 16.5. The van der Waals surface area contributed by atoms with E-state index in [1.807, 2.05) is 24.3 Å². The van der Waals surface area contributed by atoms with Gasteiger partial charge in [-0.1, -0.05) is 19.1 Å². The Morgan fingerprint density at radius 2 is 2.00 bits per heavy atom. The van der Waals surface area contributed by atoms with Crippen LogP contribution in [0.25, 0.3) is 6.08 Å². The van der Waals surface area contributed by atoms with E-state index in [9.17, 15) is 9.59 Å². The minimum atomic E-state index is -0.894. The van der Waals surface area contributed by atoms with Gasteiger partial charge in [0.25, 0.3) is 5.91 Å². The van der Waals surface area contributed by atoms with Gasteiger partial charge in [-0.05, 0) is 49.2 Å². The predicted octanol–water partition coefficient (Wildman–Crippen LogP) is 3.43. The summed E-state index contributed by atoms with van der Waals surface area (Å²) < 4.78 is 10.1. The molecule has 0 radical (unpaired) electrons. The number of esters is 1. The molecule has 1 amide bonds. The molecule has 1 aromatic heterocycles. The van der Waals surface area contributed by atoms with Crippen molar-refractivity contribution < 1.29 is 18.7 Å². The number of benzene rings is 1. The summed E-state index contributed by atoms with van der Waals surface area (Å²) in [6.07, 6.45) is 4.25. The van der Waals surface area contributed by atoms with Crippen molar-refractivity contribution >= 4 is 23.6 Å². The Morgan fingerprint density at radius 3 is 2.61 bits per heavy atom. The Balaban J connectivity index is 1.85. The van der Waals surface area contributed by atoms with Crippen molar-refractivity contribution in [2.24, 2.45) is 0 Å². The number of hydrogen-bond donors (Lipinski definition) is 1. The van der Waals surface area contributed by atoms with Gasteiger partial charge in [0.2, 0.25) is 0 Å². The quantitative estimate of drug-likeness (QED) is 0.655. The zero-order chi connectivity index (χ0) is 16.7. The Morgan fingerprint density at radius 1 is 1.26 bits per heavy atom. The number of carbonyl (C=O) groups is 2. The molecule has 5 heteroatoms. The average molecular weight is 313 g/mol. The molecule has 23 heavy (non-hydrogen) atoms. The van der Waals surface area contributed by atoms with Gasteiger partial charge in [-0.15, -0.1) is 0 Å². The van der Waals surface area contributed by atoms with E-state index in [0.29, 0.717) is 11.4 Å². The summed E-state index contributed by atoms with van der Waals surface area (Å²) in [5.41, 5.74) is 1.85. The fraction of sp³-hybridized carbons (Fsp3) is 0.222. The van der Waals surface area contributed by atoms with E-state index in [0.717, 1.165) is 6.42 Å². The van der Waals surface area contributed by atoms with Crippen LogP contribution in [0.5, 0.6) is 0 Å². The average Bonchev–Trinajstić information content (AvgIpc) is 3.07. The van der Waals surface area contributed by atoms with Gasteiger partial charge >= 0.3 is 5.97 Å². The van der Waals surface area contributed by atoms with Gasteiger partial charge in [0.05, 0.1) is 6.26 Å². The van der Waals surface area contributed by atoms with E-state index in [1.54, 1.807) is 12.1 Å². The van der Waals surface area contributed by atoms with Crippen LogP contribution >= 0.6 is 0 Å². The molecule has 0 saturated carbocycles. The molecule has 1 N–H and O–H groups in total. The van der Waals surface area contributed by atoms with E-state index >= 15 is 0 Å². The van der Waals surface area contributed by atoms with Gasteiger partial charge in [0.15, 0.2) is 6.10 Å². The molecule has 0 bridgehead atoms. The van der Waals surface area contributed by atoms with E-state index in [1.165, 1.54) is 30.9 Å². The number of nitrogens with one attached hydrogen (secondary N) is 1. The molecule has 1 heterocycles. The maximum atomic E-state index is 12.0. The first-order chi connectivity index (χ1) is 11.1. The maximum Gasteiger partial charge on any atom is 0.331 e. The van der Waals surface area contributed by atoms with Gasteiger partial charge in [0, 0.05) is 11.8 Å². The van der Waals surface area contributed by atoms with Crippen LogP contribution in [-0.2, 0) is 20.7 Å². The monoisotopic (exact) mass is 313 g/mol. The molecule has 2 aromatic rings. The molecule has 0 fully saturated rings. The fourth-order valence-corrected chi connectivity index (χ4v) is 1.87. The van der Waals surface area contributed by atoms with Gasteiger partial charge in [-0.2, -0.15) is 0 Å². The lowest BCUT2D eigenvalue weighted by atomic mass is 10.1. The predicted molar refractivity (Wildman–Crippen MR) is 87.7 cm³/mol. The van der Waals surface area contributed by atoms with Crippen molar-refractivity contribution in [3.8, 4) is 0 Å². The van der Waals surface area contributed by atoms with Gasteiger partial charge < -0.3 is 14.5 Å². The molecule has 1 atom stereocenters. The zero-order valence-corrected chi connectivity index (χ0v) is 13.1. The van der Waals surface area contributed by atoms with Crippen LogP contribution < -0.4 is 5.32 Å². The number of aryl methyl sites for hydroxylation is 1. The van der Waals surface area contributed by atoms with Crippen molar-refractivity contribution in [2.75, 3.05) is 5.32 Å². The Hall–Kier alpha value is -2.82. The Labute approximate surface area is 134 Å². The second kappa shape index (κ2) is 7.98. The lowest BCUT2D eigenvalue weighted by molar-refractivity contribution is -0.148. The summed E-state index contributed by atoms with van der Waals surface area (Å²) in [6, 6.07) is 11.0. The van der Waals surface area contributed by atoms with Crippen LogP contribution in [0.3, 0.4) is 0 Å². The van der Waals surface area contributed by atoms with Crippen LogP contribution in [0.4, 0.5) is 5.69 Å². The first kappa shape index (κ1) is 16.5. The standard InChI is InChI=1S/C18H19NO4/c1-3-14-6-8-15(9-7-14)19-18(21)13(2)23-17(20)11-10-16-5-4-12-22-16/h4-13H,3H2,1-2H3,(H,19,21)/b11-10+. The smallest absolute Gasteiger partial charge is 0.331 e. The van der Waals surface area contributed by atoms with Gasteiger partial charge in [-0.25, -0.2) is 4.79 Å². The highest BCUT2D eigenvalue weighted by Crippen LogP contribution is 2.11. The number of amides is 1. The molecular formula is C18H19NO4. The van der Waals surface area contributed by atoms with Crippen LogP contribution in [0.1, 0.15) is 25.2 Å². The second-order valence-electron chi connectivity index (χ2n) is 4.97. The minimum absolute atomic E-state index is 0.381. The van der Waals surface area contributed by atoms with Crippen molar-refractivity contribution in [1.82, 2.24) is 0 Å². The number of furan rings is 1. The minimum Gasteiger partial charge on any atom is -0.465 e. The molecular weight excluding hydrogens is 294 g/mol. The lowest BCUT2D eigenvalue weighted by Crippen LogP contribution is -2.29. The van der Waals surface area contributed by atoms with Crippen molar-refractivity contribution in [1.29, 1.82) is 0 Å². The normalized spacial score (nSPS) is 12.1. The van der Waals surface area contributed by atoms with Gasteiger partial charge in [-0.3, -0.25) is 4.79 Å². The van der Waals surface area contributed by atoms with Crippen LogP contribution in [0, 0.1) is 0 Å². The lowest BCUT2D eigenvalue weighted by Gasteiger charge is -2.12. The maximum absolute atomic E-state index is 12.0. The van der Waals surface area contributed by atoms with Crippen LogP contribution in [0.15, 0.2) is 53.2 Å². The fourth-order valence-electron chi connectivity index (χ4n) is 1.87. The first-order valence-corrected chi connectivity index (χ1v) is 7.40. The summed E-state index contributed by atoms with van der Waals surface area (Å²) >= 11 is 0. The molecule has 5 nitrogen and oxygen atoms in total. The van der Waals surface area contributed by atoms with E-state index in [-0.39, 0.29) is 5.91 Å². The number of anilines is 1. The molecule has 0 aliphatic heterocycles. The summed E-state index contributed by atoms with van der Waals surface area (Å²) in [4.78, 5) is 23.7. The molecule has 0 spiro atoms. The Kier molecular flexibility index (Phi) is 5.74. The third-order valence-corrected chi connectivity index (χ3v) is 3.22. The molecule has 0 aliphatic carbocycles. The van der Waals surface area contributed by atoms with Gasteiger partial charge in [0.1, 0.15) is 5.76 Å². The molecule has 1 aromatic carbocycles. The molecule has 0 saturated heterocycles. The van der Waals surface area contributed by atoms with E-state index in [2.05, 4.69) is 12.2 Å². The topological polar surface area (TPSA) is 68.5 Å². The second-order valence-corrected chi connectivity index (χ2v) is 4.97. The summed E-state index contributed by atoms with van der Waals surface area (Å²) in [7, 11) is 0. The number of rotatable bonds is 6. The van der Waals surface area contributed by atoms with Crippen LogP contribution in [0.2, 0.25) is 0 Å². The molecule has 0 aliphatic rings. The molecule has 1 unspecified atom stereocenters. The van der Waals surface area contributed by atoms with Crippen molar-refractivity contribution in [2.45, 2.75) is 26.4 Å². The van der Waals surface area contributed by atoms with Crippen LogP contribution in [-0.4, -0.2) is 18.0 Å². The van der Waals surface area contributed by atoms with E-state index in [4.69, 9.17) is 9.15 Å². The highest BCUT2D eigenvalue weighted by Gasteiger charge is 2.16. The number of hydrogen-bond acceptors (Lipinski definition) is 4. The summed E-state index contributed by atoms with van der Waals surface area (Å²) in [6.45, 7) is 3.58. The number of ether oxygens (including phenoxy) is 1. The zero-order valence-electron chi connectivity index (χ0n) is 13.1. The molecule has 120 valence electrons. The third-order valence-electron chi connectivity index (χ3n) is 3.22. The summed E-state index contributed by atoms with van der Waals surface area (Å²) in [5.74, 6) is -0.450. The van der Waals surface area contributed by atoms with E-state index < -0.39 is 12.1 Å². The summed E-state index contributed by atoms with van der Waals surface area (Å²) in [5, 5.41) is 2.71. The van der Waals surface area contributed by atoms with Crippen molar-refractivity contribution in [3.05, 3.63) is 60.1 Å². The molecule has 2 rings (SSSR count). The van der Waals surface area contributed by atoms with Crippen molar-refractivity contribution in [3.63, 3.8) is 0 Å². The Bertz CT molecular complexity index is 672. The first-order valence-electron chi connectivity index (χ1n) is 7.40. The largest absolute Gasteiger partial charge is 0.465 e. The highest BCUT2D eigenvalue weighted by molar-refractivity contribution is 5.96. The SMILES string of the molecule is CCc1ccc(NC(=O)C(C)OC(=O)/C=C/c2ccco2)cc1. The third kappa shape index (κ3) is 5.14. The number of carbonyl (C=O) groups excluding carboxylic acids is 2.